The van der Waals surface area contributed by atoms with E-state index < -0.39 is 18.0 Å². The van der Waals surface area contributed by atoms with E-state index in [-0.39, 0.29) is 0 Å². The second-order valence-electron chi connectivity index (χ2n) is 4.54. The van der Waals surface area contributed by atoms with E-state index in [0.717, 1.165) is 0 Å². The molecule has 0 aliphatic rings. The van der Waals surface area contributed by atoms with Crippen molar-refractivity contribution in [2.75, 3.05) is 5.32 Å². The predicted molar refractivity (Wildman–Crippen MR) is 88.4 cm³/mol. The Morgan fingerprint density at radius 1 is 1.30 bits per heavy atom. The molecule has 120 valence electrons. The van der Waals surface area contributed by atoms with Crippen molar-refractivity contribution in [1.29, 1.82) is 0 Å². The molecule has 1 atom stereocenters. The zero-order valence-corrected chi connectivity index (χ0v) is 13.6. The van der Waals surface area contributed by atoms with Crippen LogP contribution >= 0.6 is 23.2 Å². The second kappa shape index (κ2) is 7.85. The van der Waals surface area contributed by atoms with Gasteiger partial charge in [-0.1, -0.05) is 23.2 Å². The van der Waals surface area contributed by atoms with Crippen molar-refractivity contribution in [3.8, 4) is 0 Å². The second-order valence-corrected chi connectivity index (χ2v) is 5.38. The fourth-order valence-corrected chi connectivity index (χ4v) is 2.08. The van der Waals surface area contributed by atoms with E-state index >= 15 is 0 Å². The van der Waals surface area contributed by atoms with Gasteiger partial charge in [-0.05, 0) is 43.3 Å². The lowest BCUT2D eigenvalue weighted by Gasteiger charge is -2.13. The van der Waals surface area contributed by atoms with Crippen molar-refractivity contribution in [3.63, 3.8) is 0 Å². The van der Waals surface area contributed by atoms with Crippen molar-refractivity contribution in [1.82, 2.24) is 0 Å². The van der Waals surface area contributed by atoms with Crippen LogP contribution in [0.2, 0.25) is 10.0 Å². The number of nitrogens with one attached hydrogen (secondary N) is 1. The monoisotopic (exact) mass is 353 g/mol. The first-order chi connectivity index (χ1) is 11.0. The fraction of sp³-hybridized carbons (Fsp3) is 0.125. The molecule has 5 nitrogen and oxygen atoms in total. The van der Waals surface area contributed by atoms with Gasteiger partial charge in [-0.25, -0.2) is 4.79 Å². The van der Waals surface area contributed by atoms with Crippen molar-refractivity contribution in [3.05, 3.63) is 58.5 Å². The largest absolute Gasteiger partial charge is 0.465 e. The molecule has 1 N–H and O–H groups in total. The Kier molecular flexibility index (Phi) is 5.84. The van der Waals surface area contributed by atoms with E-state index in [9.17, 15) is 9.59 Å². The van der Waals surface area contributed by atoms with Crippen LogP contribution in [0.1, 0.15) is 12.7 Å². The molecule has 1 amide bonds. The lowest BCUT2D eigenvalue weighted by Crippen LogP contribution is -2.29. The third-order valence-corrected chi connectivity index (χ3v) is 3.33. The van der Waals surface area contributed by atoms with Crippen LogP contribution < -0.4 is 5.32 Å². The van der Waals surface area contributed by atoms with Gasteiger partial charge in [0.05, 0.1) is 17.0 Å². The summed E-state index contributed by atoms with van der Waals surface area (Å²) in [7, 11) is 0. The fourth-order valence-electron chi connectivity index (χ4n) is 1.63. The van der Waals surface area contributed by atoms with E-state index in [1.54, 1.807) is 24.3 Å². The molecule has 2 rings (SSSR count). The van der Waals surface area contributed by atoms with Gasteiger partial charge in [-0.15, -0.1) is 0 Å². The molecule has 0 radical (unpaired) electrons. The lowest BCUT2D eigenvalue weighted by atomic mass is 10.3. The summed E-state index contributed by atoms with van der Waals surface area (Å²) in [6, 6.07) is 8.03. The number of carbonyl (C=O) groups excluding carboxylic acids is 2. The number of carbonyl (C=O) groups is 2. The third-order valence-electron chi connectivity index (χ3n) is 2.78. The van der Waals surface area contributed by atoms with Crippen LogP contribution in [0, 0.1) is 0 Å². The number of hydrogen-bond acceptors (Lipinski definition) is 4. The van der Waals surface area contributed by atoms with E-state index in [1.807, 2.05) is 0 Å². The van der Waals surface area contributed by atoms with Gasteiger partial charge in [0.25, 0.3) is 5.91 Å². The molecule has 1 unspecified atom stereocenters. The first-order valence-electron chi connectivity index (χ1n) is 6.64. The van der Waals surface area contributed by atoms with Crippen LogP contribution in [0.25, 0.3) is 6.08 Å². The van der Waals surface area contributed by atoms with Gasteiger partial charge in [0.1, 0.15) is 5.76 Å². The van der Waals surface area contributed by atoms with Gasteiger partial charge in [0, 0.05) is 11.1 Å². The number of esters is 1. The molecule has 0 aliphatic heterocycles. The Labute approximate surface area is 142 Å². The van der Waals surface area contributed by atoms with Crippen LogP contribution in [-0.4, -0.2) is 18.0 Å². The number of amides is 1. The Hall–Kier alpha value is -2.24. The van der Waals surface area contributed by atoms with Crippen LogP contribution in [-0.2, 0) is 14.3 Å². The summed E-state index contributed by atoms with van der Waals surface area (Å²) in [6.45, 7) is 1.46. The molecule has 0 bridgehead atoms. The van der Waals surface area contributed by atoms with Gasteiger partial charge >= 0.3 is 5.97 Å². The number of furan rings is 1. The van der Waals surface area contributed by atoms with E-state index in [4.69, 9.17) is 32.4 Å². The maximum Gasteiger partial charge on any atom is 0.331 e. The Morgan fingerprint density at radius 2 is 2.09 bits per heavy atom. The molecule has 0 fully saturated rings. The Bertz CT molecular complexity index is 726. The normalized spacial score (nSPS) is 12.1. The van der Waals surface area contributed by atoms with Crippen LogP contribution in [0.5, 0.6) is 0 Å². The summed E-state index contributed by atoms with van der Waals surface area (Å²) in [4.78, 5) is 23.6. The van der Waals surface area contributed by atoms with Crippen molar-refractivity contribution >= 4 is 46.8 Å². The summed E-state index contributed by atoms with van der Waals surface area (Å²) in [5.41, 5.74) is 0.384. The molecule has 0 spiro atoms. The van der Waals surface area contributed by atoms with Gasteiger partial charge in [0.2, 0.25) is 0 Å². The molecular formula is C16H13Cl2NO4. The number of anilines is 1. The molecule has 23 heavy (non-hydrogen) atoms. The van der Waals surface area contributed by atoms with Crippen molar-refractivity contribution in [2.45, 2.75) is 13.0 Å². The Balaban J connectivity index is 1.90. The van der Waals surface area contributed by atoms with Gasteiger partial charge < -0.3 is 14.5 Å². The zero-order valence-electron chi connectivity index (χ0n) is 12.1. The summed E-state index contributed by atoms with van der Waals surface area (Å²) in [5, 5.41) is 3.31. The van der Waals surface area contributed by atoms with Crippen LogP contribution in [0.15, 0.2) is 47.1 Å². The molecule has 7 heteroatoms. The molecule has 0 saturated carbocycles. The highest BCUT2D eigenvalue weighted by Gasteiger charge is 2.17. The van der Waals surface area contributed by atoms with E-state index in [0.29, 0.717) is 21.5 Å². The standard InChI is InChI=1S/C16H13Cl2NO4/c1-10(23-15(20)7-5-12-3-2-8-22-12)16(21)19-14-6-4-11(17)9-13(14)18/h2-10H,1H3,(H,19,21). The first kappa shape index (κ1) is 17.1. The Morgan fingerprint density at radius 3 is 2.74 bits per heavy atom. The highest BCUT2D eigenvalue weighted by Crippen LogP contribution is 2.25. The van der Waals surface area contributed by atoms with Gasteiger partial charge in [-0.3, -0.25) is 4.79 Å². The zero-order chi connectivity index (χ0) is 16.8. The minimum Gasteiger partial charge on any atom is -0.465 e. The number of halogens is 2. The third kappa shape index (κ3) is 5.16. The van der Waals surface area contributed by atoms with Crippen molar-refractivity contribution < 1.29 is 18.7 Å². The van der Waals surface area contributed by atoms with Crippen LogP contribution in [0.3, 0.4) is 0 Å². The number of benzene rings is 1. The number of hydrogen-bond donors (Lipinski definition) is 1. The van der Waals surface area contributed by atoms with E-state index in [2.05, 4.69) is 5.32 Å². The smallest absolute Gasteiger partial charge is 0.331 e. The average Bonchev–Trinajstić information content (AvgIpc) is 3.01. The molecular weight excluding hydrogens is 341 g/mol. The summed E-state index contributed by atoms with van der Waals surface area (Å²) in [6.07, 6.45) is 3.12. The molecule has 1 heterocycles. The summed E-state index contributed by atoms with van der Waals surface area (Å²) < 4.78 is 10.0. The highest BCUT2D eigenvalue weighted by atomic mass is 35.5. The lowest BCUT2D eigenvalue weighted by molar-refractivity contribution is -0.148. The van der Waals surface area contributed by atoms with Gasteiger partial charge in [0.15, 0.2) is 6.10 Å². The molecule has 0 aliphatic carbocycles. The molecule has 0 saturated heterocycles. The van der Waals surface area contributed by atoms with E-state index in [1.165, 1.54) is 31.4 Å². The summed E-state index contributed by atoms with van der Waals surface area (Å²) in [5.74, 6) is -0.660. The molecule has 1 aromatic carbocycles. The topological polar surface area (TPSA) is 68.5 Å². The first-order valence-corrected chi connectivity index (χ1v) is 7.39. The maximum absolute atomic E-state index is 12.0. The number of ether oxygens (including phenoxy) is 1. The van der Waals surface area contributed by atoms with Gasteiger partial charge in [-0.2, -0.15) is 0 Å². The maximum atomic E-state index is 12.0. The highest BCUT2D eigenvalue weighted by molar-refractivity contribution is 6.36. The quantitative estimate of drug-likeness (QED) is 0.646. The summed E-state index contributed by atoms with van der Waals surface area (Å²) >= 11 is 11.7. The minimum absolute atomic E-state index is 0.294. The molecule has 2 aromatic rings. The number of rotatable bonds is 5. The average molecular weight is 354 g/mol. The molecule has 1 aromatic heterocycles. The minimum atomic E-state index is -0.990. The predicted octanol–water partition coefficient (Wildman–Crippen LogP) is 4.17. The van der Waals surface area contributed by atoms with Crippen molar-refractivity contribution in [2.24, 2.45) is 0 Å². The van der Waals surface area contributed by atoms with Crippen LogP contribution in [0.4, 0.5) is 5.69 Å². The SMILES string of the molecule is CC(OC(=O)C=Cc1ccco1)C(=O)Nc1ccc(Cl)cc1Cl.